The summed E-state index contributed by atoms with van der Waals surface area (Å²) in [6.45, 7) is 2.21. The molecule has 3 aromatic carbocycles. The number of rotatable bonds is 6. The Bertz CT molecular complexity index is 1280. The predicted octanol–water partition coefficient (Wildman–Crippen LogP) is 3.94. The molecule has 0 aromatic heterocycles. The minimum atomic E-state index is -3.91. The lowest BCUT2D eigenvalue weighted by atomic mass is 10.1. The molecule has 1 amide bonds. The van der Waals surface area contributed by atoms with Crippen molar-refractivity contribution in [1.82, 2.24) is 4.90 Å². The number of nitrogens with zero attached hydrogens (tertiary/aromatic N) is 1. The summed E-state index contributed by atoms with van der Waals surface area (Å²) in [6.07, 6.45) is -0.706. The maximum absolute atomic E-state index is 13.2. The molecule has 0 aliphatic carbocycles. The number of fused-ring (bicyclic) bond motifs is 1. The lowest BCUT2D eigenvalue weighted by molar-refractivity contribution is -0.138. The van der Waals surface area contributed by atoms with Crippen LogP contribution in [0.15, 0.2) is 71.6 Å². The molecule has 0 saturated heterocycles. The molecule has 4 rings (SSSR count). The maximum Gasteiger partial charge on any atom is 0.263 e. The molecular weight excluding hydrogens is 447 g/mol. The predicted molar refractivity (Wildman–Crippen MR) is 121 cm³/mol. The van der Waals surface area contributed by atoms with Crippen LogP contribution in [-0.4, -0.2) is 32.4 Å². The number of benzene rings is 3. The SMILES string of the molecule is COc1ccccc1CN1Cc2cc(NS(=O)(=O)c3ccc(F)cc3)ccc2O[C@@H](C)C1=O. The number of sulfonamides is 1. The summed E-state index contributed by atoms with van der Waals surface area (Å²) in [5, 5.41) is 0. The molecule has 0 bridgehead atoms. The summed E-state index contributed by atoms with van der Waals surface area (Å²) < 4.78 is 52.3. The molecule has 1 aliphatic heterocycles. The van der Waals surface area contributed by atoms with Crippen LogP contribution in [0.2, 0.25) is 0 Å². The van der Waals surface area contributed by atoms with Crippen molar-refractivity contribution in [3.63, 3.8) is 0 Å². The van der Waals surface area contributed by atoms with Crippen LogP contribution < -0.4 is 14.2 Å². The van der Waals surface area contributed by atoms with E-state index in [1.807, 2.05) is 24.3 Å². The second-order valence-corrected chi connectivity index (χ2v) is 9.33. The first kappa shape index (κ1) is 22.6. The molecule has 1 N–H and O–H groups in total. The van der Waals surface area contributed by atoms with Gasteiger partial charge in [-0.3, -0.25) is 9.52 Å². The Kier molecular flexibility index (Phi) is 6.24. The number of hydrogen-bond acceptors (Lipinski definition) is 5. The zero-order chi connectivity index (χ0) is 23.6. The average Bonchev–Trinajstić information content (AvgIpc) is 2.90. The molecule has 0 unspecified atom stereocenters. The molecule has 7 nitrogen and oxygen atoms in total. The normalized spacial score (nSPS) is 15.9. The van der Waals surface area contributed by atoms with Crippen LogP contribution in [0.25, 0.3) is 0 Å². The number of methoxy groups -OCH3 is 1. The first-order chi connectivity index (χ1) is 15.8. The van der Waals surface area contributed by atoms with Crippen LogP contribution in [0.5, 0.6) is 11.5 Å². The highest BCUT2D eigenvalue weighted by atomic mass is 32.2. The van der Waals surface area contributed by atoms with Gasteiger partial charge in [-0.25, -0.2) is 12.8 Å². The number of para-hydroxylation sites is 1. The minimum Gasteiger partial charge on any atom is -0.496 e. The van der Waals surface area contributed by atoms with Crippen molar-refractivity contribution >= 4 is 21.6 Å². The smallest absolute Gasteiger partial charge is 0.263 e. The lowest BCUT2D eigenvalue weighted by Crippen LogP contribution is -2.37. The number of nitrogens with one attached hydrogen (secondary N) is 1. The van der Waals surface area contributed by atoms with Crippen LogP contribution in [0.1, 0.15) is 18.1 Å². The Morgan fingerprint density at radius 1 is 1.12 bits per heavy atom. The first-order valence-electron chi connectivity index (χ1n) is 10.3. The fourth-order valence-electron chi connectivity index (χ4n) is 3.66. The third-order valence-corrected chi connectivity index (χ3v) is 6.71. The van der Waals surface area contributed by atoms with E-state index in [0.29, 0.717) is 29.3 Å². The Labute approximate surface area is 191 Å². The molecule has 1 heterocycles. The van der Waals surface area contributed by atoms with Crippen LogP contribution in [0.4, 0.5) is 10.1 Å². The minimum absolute atomic E-state index is 0.0586. The number of carbonyl (C=O) groups excluding carboxylic acids is 1. The molecule has 1 atom stereocenters. The first-order valence-corrected chi connectivity index (χ1v) is 11.7. The summed E-state index contributed by atoms with van der Waals surface area (Å²) >= 11 is 0. The van der Waals surface area contributed by atoms with Gasteiger partial charge in [0.05, 0.1) is 12.0 Å². The Balaban J connectivity index is 1.61. The second kappa shape index (κ2) is 9.11. The van der Waals surface area contributed by atoms with E-state index in [1.54, 1.807) is 37.1 Å². The van der Waals surface area contributed by atoms with E-state index in [0.717, 1.165) is 17.7 Å². The average molecular weight is 471 g/mol. The molecule has 0 radical (unpaired) electrons. The molecule has 0 spiro atoms. The van der Waals surface area contributed by atoms with Gasteiger partial charge in [0, 0.05) is 29.9 Å². The highest BCUT2D eigenvalue weighted by Crippen LogP contribution is 2.31. The van der Waals surface area contributed by atoms with E-state index < -0.39 is 21.9 Å². The number of amides is 1. The quantitative estimate of drug-likeness (QED) is 0.590. The van der Waals surface area contributed by atoms with Crippen LogP contribution in [0, 0.1) is 5.82 Å². The van der Waals surface area contributed by atoms with E-state index in [1.165, 1.54) is 12.1 Å². The summed E-state index contributed by atoms with van der Waals surface area (Å²) in [6, 6.07) is 16.8. The van der Waals surface area contributed by atoms with Gasteiger partial charge < -0.3 is 14.4 Å². The topological polar surface area (TPSA) is 84.9 Å². The van der Waals surface area contributed by atoms with Gasteiger partial charge in [0.1, 0.15) is 17.3 Å². The zero-order valence-corrected chi connectivity index (χ0v) is 18.9. The summed E-state index contributed by atoms with van der Waals surface area (Å²) in [7, 11) is -2.34. The number of halogens is 1. The van der Waals surface area contributed by atoms with Crippen LogP contribution in [0.3, 0.4) is 0 Å². The molecule has 0 saturated carbocycles. The largest absolute Gasteiger partial charge is 0.496 e. The van der Waals surface area contributed by atoms with Crippen molar-refractivity contribution in [3.05, 3.63) is 83.7 Å². The highest BCUT2D eigenvalue weighted by molar-refractivity contribution is 7.92. The number of anilines is 1. The van der Waals surface area contributed by atoms with E-state index in [-0.39, 0.29) is 17.3 Å². The van der Waals surface area contributed by atoms with E-state index >= 15 is 0 Å². The second-order valence-electron chi connectivity index (χ2n) is 7.65. The molecule has 0 fully saturated rings. The third-order valence-electron chi connectivity index (χ3n) is 5.31. The number of hydrogen-bond donors (Lipinski definition) is 1. The van der Waals surface area contributed by atoms with Crippen LogP contribution >= 0.6 is 0 Å². The monoisotopic (exact) mass is 470 g/mol. The van der Waals surface area contributed by atoms with Gasteiger partial charge in [-0.2, -0.15) is 0 Å². The summed E-state index contributed by atoms with van der Waals surface area (Å²) in [4.78, 5) is 14.5. The standard InChI is InChI=1S/C24H23FN2O5S/c1-16-24(28)27(14-17-5-3-4-6-22(17)31-2)15-18-13-20(9-12-23(18)32-16)26-33(29,30)21-10-7-19(25)8-11-21/h3-13,16,26H,14-15H2,1-2H3/t16-/m0/s1. The molecule has 9 heteroatoms. The molecule has 3 aromatic rings. The fourth-order valence-corrected chi connectivity index (χ4v) is 4.71. The van der Waals surface area contributed by atoms with Crippen molar-refractivity contribution < 1.29 is 27.1 Å². The van der Waals surface area contributed by atoms with E-state index in [2.05, 4.69) is 4.72 Å². The van der Waals surface area contributed by atoms with Crippen molar-refractivity contribution in [2.45, 2.75) is 31.0 Å². The van der Waals surface area contributed by atoms with Crippen LogP contribution in [-0.2, 0) is 27.9 Å². The van der Waals surface area contributed by atoms with Crippen molar-refractivity contribution in [3.8, 4) is 11.5 Å². The molecule has 33 heavy (non-hydrogen) atoms. The van der Waals surface area contributed by atoms with Crippen molar-refractivity contribution in [2.75, 3.05) is 11.8 Å². The summed E-state index contributed by atoms with van der Waals surface area (Å²) in [5.41, 5.74) is 1.81. The Hall–Kier alpha value is -3.59. The molecular formula is C24H23FN2O5S. The fraction of sp³-hybridized carbons (Fsp3) is 0.208. The van der Waals surface area contributed by atoms with Gasteiger partial charge in [0.15, 0.2) is 6.10 Å². The molecule has 1 aliphatic rings. The lowest BCUT2D eigenvalue weighted by Gasteiger charge is -2.23. The third kappa shape index (κ3) is 4.93. The van der Waals surface area contributed by atoms with Crippen molar-refractivity contribution in [2.24, 2.45) is 0 Å². The van der Waals surface area contributed by atoms with Gasteiger partial charge in [-0.15, -0.1) is 0 Å². The number of carbonyl (C=O) groups is 1. The van der Waals surface area contributed by atoms with E-state index in [9.17, 15) is 17.6 Å². The molecule has 172 valence electrons. The number of ether oxygens (including phenoxy) is 2. The van der Waals surface area contributed by atoms with Gasteiger partial charge in [0.25, 0.3) is 15.9 Å². The van der Waals surface area contributed by atoms with Gasteiger partial charge in [-0.05, 0) is 55.5 Å². The Morgan fingerprint density at radius 2 is 1.85 bits per heavy atom. The highest BCUT2D eigenvalue weighted by Gasteiger charge is 2.29. The Morgan fingerprint density at radius 3 is 2.58 bits per heavy atom. The van der Waals surface area contributed by atoms with Gasteiger partial charge in [0.2, 0.25) is 0 Å². The van der Waals surface area contributed by atoms with Gasteiger partial charge >= 0.3 is 0 Å². The van der Waals surface area contributed by atoms with Crippen molar-refractivity contribution in [1.29, 1.82) is 0 Å². The zero-order valence-electron chi connectivity index (χ0n) is 18.1. The van der Waals surface area contributed by atoms with E-state index in [4.69, 9.17) is 9.47 Å². The summed E-state index contributed by atoms with van der Waals surface area (Å²) in [5.74, 6) is 0.461. The maximum atomic E-state index is 13.2. The van der Waals surface area contributed by atoms with Gasteiger partial charge in [-0.1, -0.05) is 18.2 Å².